The van der Waals surface area contributed by atoms with Gasteiger partial charge >= 0.3 is 0 Å². The molecule has 7 heteroatoms. The Bertz CT molecular complexity index is 820. The van der Waals surface area contributed by atoms with Gasteiger partial charge in [-0.2, -0.15) is 0 Å². The van der Waals surface area contributed by atoms with E-state index in [1.54, 1.807) is 26.0 Å². The highest BCUT2D eigenvalue weighted by Gasteiger charge is 2.29. The molecule has 0 aliphatic heterocycles. The van der Waals surface area contributed by atoms with Crippen LogP contribution in [0.15, 0.2) is 24.3 Å². The highest BCUT2D eigenvalue weighted by molar-refractivity contribution is 5.92. The van der Waals surface area contributed by atoms with Crippen LogP contribution in [0.1, 0.15) is 50.7 Å². The number of hydrogen-bond donors (Lipinski definition) is 2. The lowest BCUT2D eigenvalue weighted by molar-refractivity contribution is -0.121. The van der Waals surface area contributed by atoms with Gasteiger partial charge in [0.05, 0.1) is 27.4 Å². The van der Waals surface area contributed by atoms with Gasteiger partial charge in [-0.15, -0.1) is 0 Å². The zero-order chi connectivity index (χ0) is 22.4. The molecule has 2 unspecified atom stereocenters. The van der Waals surface area contributed by atoms with E-state index in [-0.39, 0.29) is 17.3 Å². The number of benzene rings is 2. The maximum atomic E-state index is 13.2. The molecule has 0 aliphatic carbocycles. The molecule has 164 valence electrons. The Morgan fingerprint density at radius 2 is 1.13 bits per heavy atom. The third-order valence-corrected chi connectivity index (χ3v) is 5.01. The summed E-state index contributed by atoms with van der Waals surface area (Å²) in [6.45, 7) is 7.93. The van der Waals surface area contributed by atoms with Gasteiger partial charge in [-0.05, 0) is 26.0 Å². The Morgan fingerprint density at radius 1 is 0.767 bits per heavy atom. The highest BCUT2D eigenvalue weighted by atomic mass is 16.5. The van der Waals surface area contributed by atoms with Gasteiger partial charge in [-0.1, -0.05) is 13.8 Å². The lowest BCUT2D eigenvalue weighted by Gasteiger charge is -2.21. The van der Waals surface area contributed by atoms with Crippen LogP contribution in [0.25, 0.3) is 0 Å². The van der Waals surface area contributed by atoms with Crippen LogP contribution in [0.5, 0.6) is 34.5 Å². The van der Waals surface area contributed by atoms with Crippen LogP contribution >= 0.6 is 0 Å². The lowest BCUT2D eigenvalue weighted by Crippen LogP contribution is -2.17. The second-order valence-electron chi connectivity index (χ2n) is 6.84. The van der Waals surface area contributed by atoms with Gasteiger partial charge in [-0.3, -0.25) is 4.79 Å². The van der Waals surface area contributed by atoms with Crippen LogP contribution in [0.3, 0.4) is 0 Å². The van der Waals surface area contributed by atoms with Gasteiger partial charge in [0.15, 0.2) is 23.0 Å². The monoisotopic (exact) mass is 418 g/mol. The van der Waals surface area contributed by atoms with Crippen molar-refractivity contribution in [3.05, 3.63) is 35.4 Å². The molecular formula is C23H30O7. The van der Waals surface area contributed by atoms with E-state index in [1.807, 2.05) is 13.8 Å². The fourth-order valence-electron chi connectivity index (χ4n) is 3.36. The number of methoxy groups -OCH3 is 2. The summed E-state index contributed by atoms with van der Waals surface area (Å²) in [6, 6.07) is 6.11. The number of ketones is 1. The minimum absolute atomic E-state index is 0.0580. The summed E-state index contributed by atoms with van der Waals surface area (Å²) >= 11 is 0. The molecule has 30 heavy (non-hydrogen) atoms. The molecule has 0 bridgehead atoms. The number of phenolic OH excluding ortho intramolecular Hbond substituents is 2. The molecule has 2 aromatic rings. The first-order valence-corrected chi connectivity index (χ1v) is 9.89. The minimum atomic E-state index is -0.651. The third kappa shape index (κ3) is 4.72. The van der Waals surface area contributed by atoms with Gasteiger partial charge in [0.2, 0.25) is 0 Å². The number of carbonyl (C=O) groups excluding carboxylic acids is 1. The summed E-state index contributed by atoms with van der Waals surface area (Å²) in [6.07, 6.45) is 0. The Labute approximate surface area is 177 Å². The van der Waals surface area contributed by atoms with Crippen molar-refractivity contribution in [1.82, 2.24) is 0 Å². The van der Waals surface area contributed by atoms with Crippen molar-refractivity contribution in [1.29, 1.82) is 0 Å². The molecular weight excluding hydrogens is 388 g/mol. The van der Waals surface area contributed by atoms with Crippen molar-refractivity contribution in [2.75, 3.05) is 27.4 Å². The fourth-order valence-corrected chi connectivity index (χ4v) is 3.36. The summed E-state index contributed by atoms with van der Waals surface area (Å²) in [7, 11) is 2.96. The average Bonchev–Trinajstić information content (AvgIpc) is 2.74. The second-order valence-corrected chi connectivity index (χ2v) is 6.84. The molecule has 2 rings (SSSR count). The van der Waals surface area contributed by atoms with E-state index in [9.17, 15) is 15.0 Å². The number of hydrogen-bond acceptors (Lipinski definition) is 7. The number of carbonyl (C=O) groups is 1. The molecule has 2 aromatic carbocycles. The molecule has 2 atom stereocenters. The van der Waals surface area contributed by atoms with Crippen LogP contribution in [0.2, 0.25) is 0 Å². The van der Waals surface area contributed by atoms with Crippen molar-refractivity contribution in [2.24, 2.45) is 0 Å². The van der Waals surface area contributed by atoms with Gasteiger partial charge in [0.25, 0.3) is 0 Å². The average molecular weight is 418 g/mol. The number of Topliss-reactive ketones (excluding diaryl/α,β-unsaturated/α-hetero) is 1. The number of rotatable bonds is 10. The first-order valence-electron chi connectivity index (χ1n) is 9.89. The van der Waals surface area contributed by atoms with E-state index in [4.69, 9.17) is 18.9 Å². The molecule has 0 fully saturated rings. The maximum absolute atomic E-state index is 13.2. The molecule has 0 spiro atoms. The first-order chi connectivity index (χ1) is 14.3. The third-order valence-electron chi connectivity index (χ3n) is 5.01. The van der Waals surface area contributed by atoms with Crippen molar-refractivity contribution in [3.8, 4) is 34.5 Å². The minimum Gasteiger partial charge on any atom is -0.508 e. The quantitative estimate of drug-likeness (QED) is 0.591. The summed E-state index contributed by atoms with van der Waals surface area (Å²) in [4.78, 5) is 13.2. The molecule has 0 aromatic heterocycles. The van der Waals surface area contributed by atoms with Crippen LogP contribution in [0.4, 0.5) is 0 Å². The van der Waals surface area contributed by atoms with Crippen molar-refractivity contribution in [3.63, 3.8) is 0 Å². The van der Waals surface area contributed by atoms with Crippen LogP contribution in [-0.2, 0) is 4.79 Å². The normalized spacial score (nSPS) is 12.7. The zero-order valence-electron chi connectivity index (χ0n) is 18.3. The Hall–Kier alpha value is -3.09. The number of aromatic hydroxyl groups is 2. The Kier molecular flexibility index (Phi) is 7.80. The van der Waals surface area contributed by atoms with Gasteiger partial charge in [0, 0.05) is 35.1 Å². The Morgan fingerprint density at radius 3 is 1.43 bits per heavy atom. The van der Waals surface area contributed by atoms with E-state index in [0.717, 1.165) is 0 Å². The highest BCUT2D eigenvalue weighted by Crippen LogP contribution is 2.42. The SMILES string of the molecule is CCOc1cc(C(C)C(=O)C(C)c2cc(OCC)c(OC)cc2O)c(O)cc1OC. The summed E-state index contributed by atoms with van der Waals surface area (Å²) in [5, 5.41) is 20.9. The van der Waals surface area contributed by atoms with Crippen molar-refractivity contribution in [2.45, 2.75) is 39.5 Å². The van der Waals surface area contributed by atoms with E-state index in [2.05, 4.69) is 0 Å². The predicted octanol–water partition coefficient (Wildman–Crippen LogP) is 4.39. The van der Waals surface area contributed by atoms with Crippen molar-refractivity contribution < 1.29 is 34.0 Å². The topological polar surface area (TPSA) is 94.5 Å². The molecule has 0 radical (unpaired) electrons. The smallest absolute Gasteiger partial charge is 0.164 e. The first kappa shape index (κ1) is 23.2. The summed E-state index contributed by atoms with van der Waals surface area (Å²) < 4.78 is 21.6. The second kappa shape index (κ2) is 10.1. The maximum Gasteiger partial charge on any atom is 0.164 e. The molecule has 2 N–H and O–H groups in total. The largest absolute Gasteiger partial charge is 0.508 e. The van der Waals surface area contributed by atoms with Gasteiger partial charge < -0.3 is 29.2 Å². The zero-order valence-corrected chi connectivity index (χ0v) is 18.3. The van der Waals surface area contributed by atoms with Gasteiger partial charge in [0.1, 0.15) is 17.3 Å². The molecule has 0 saturated heterocycles. The number of phenols is 2. The van der Waals surface area contributed by atoms with E-state index < -0.39 is 11.8 Å². The fraction of sp³-hybridized carbons (Fsp3) is 0.435. The van der Waals surface area contributed by atoms with Crippen LogP contribution in [-0.4, -0.2) is 43.4 Å². The summed E-state index contributed by atoms with van der Waals surface area (Å²) in [5.74, 6) is 0.0803. The van der Waals surface area contributed by atoms with Crippen LogP contribution < -0.4 is 18.9 Å². The van der Waals surface area contributed by atoms with E-state index >= 15 is 0 Å². The van der Waals surface area contributed by atoms with Gasteiger partial charge in [-0.25, -0.2) is 0 Å². The molecule has 0 heterocycles. The molecule has 0 amide bonds. The Balaban J connectivity index is 2.41. The standard InChI is InChI=1S/C23H30O7/c1-7-29-21-9-15(17(24)11-19(21)27-5)13(3)23(26)14(4)16-10-22(30-8-2)20(28-6)12-18(16)25/h9-14,24-25H,7-8H2,1-6H3. The van der Waals surface area contributed by atoms with Crippen molar-refractivity contribution >= 4 is 5.78 Å². The van der Waals surface area contributed by atoms with E-state index in [1.165, 1.54) is 26.4 Å². The lowest BCUT2D eigenvalue weighted by atomic mass is 9.85. The molecule has 0 saturated carbocycles. The van der Waals surface area contributed by atoms with E-state index in [0.29, 0.717) is 47.3 Å². The van der Waals surface area contributed by atoms with Crippen LogP contribution in [0, 0.1) is 0 Å². The molecule has 0 aliphatic rings. The summed E-state index contributed by atoms with van der Waals surface area (Å²) in [5.41, 5.74) is 0.850. The number of ether oxygens (including phenoxy) is 4. The molecule has 7 nitrogen and oxygen atoms in total. The predicted molar refractivity (Wildman–Crippen MR) is 113 cm³/mol.